The van der Waals surface area contributed by atoms with Crippen LogP contribution in [0.2, 0.25) is 5.02 Å². The molecule has 0 aliphatic rings. The lowest BCUT2D eigenvalue weighted by atomic mass is 10.1. The first-order chi connectivity index (χ1) is 15.9. The normalized spacial score (nSPS) is 11.4. The number of hydrogen-bond donors (Lipinski definition) is 1. The first kappa shape index (κ1) is 21.4. The van der Waals surface area contributed by atoms with Crippen LogP contribution >= 0.6 is 22.9 Å². The number of thiazole rings is 1. The number of hydrogen-bond acceptors (Lipinski definition) is 5. The Bertz CT molecular complexity index is 1570. The number of benzene rings is 2. The van der Waals surface area contributed by atoms with E-state index < -0.39 is 0 Å². The molecular formula is C24H20ClN5O2S. The smallest absolute Gasteiger partial charge is 0.252 e. The average Bonchev–Trinajstić information content (AvgIpc) is 3.34. The number of rotatable bonds is 5. The zero-order valence-corrected chi connectivity index (χ0v) is 19.6. The Balaban J connectivity index is 1.45. The number of aryl methyl sites for hydroxylation is 3. The first-order valence-corrected chi connectivity index (χ1v) is 11.6. The second kappa shape index (κ2) is 8.46. The Kier molecular flexibility index (Phi) is 5.47. The van der Waals surface area contributed by atoms with E-state index in [1.807, 2.05) is 56.3 Å². The zero-order chi connectivity index (χ0) is 23.1. The number of fused-ring (bicyclic) bond motifs is 2. The molecule has 1 amide bonds. The molecule has 2 aromatic carbocycles. The molecule has 3 aromatic heterocycles. The van der Waals surface area contributed by atoms with Crippen LogP contribution in [0.1, 0.15) is 17.7 Å². The van der Waals surface area contributed by atoms with Crippen LogP contribution in [0.3, 0.4) is 0 Å². The second-order valence-corrected chi connectivity index (χ2v) is 9.24. The SMILES string of the molecule is Cc1cc(=O)n(CCC(=O)Nc2nc3ccc(Cl)cc3s2)c2c1c(C)nn2-c1ccccc1. The molecule has 0 aliphatic heterocycles. The lowest BCUT2D eigenvalue weighted by Gasteiger charge is -2.12. The fourth-order valence-corrected chi connectivity index (χ4v) is 5.14. The highest BCUT2D eigenvalue weighted by molar-refractivity contribution is 7.22. The van der Waals surface area contributed by atoms with Crippen molar-refractivity contribution >= 4 is 55.2 Å². The Hall–Kier alpha value is -3.49. The third kappa shape index (κ3) is 4.03. The van der Waals surface area contributed by atoms with Crippen LogP contribution in [-0.2, 0) is 11.3 Å². The molecule has 0 saturated carbocycles. The van der Waals surface area contributed by atoms with Crippen molar-refractivity contribution < 1.29 is 4.79 Å². The molecule has 9 heteroatoms. The van der Waals surface area contributed by atoms with E-state index in [9.17, 15) is 9.59 Å². The summed E-state index contributed by atoms with van der Waals surface area (Å²) in [5.74, 6) is -0.219. The molecule has 33 heavy (non-hydrogen) atoms. The number of halogens is 1. The van der Waals surface area contributed by atoms with E-state index in [0.717, 1.165) is 32.5 Å². The molecule has 0 spiro atoms. The van der Waals surface area contributed by atoms with Gasteiger partial charge < -0.3 is 5.32 Å². The summed E-state index contributed by atoms with van der Waals surface area (Å²) in [5.41, 5.74) is 3.84. The highest BCUT2D eigenvalue weighted by Crippen LogP contribution is 2.28. The van der Waals surface area contributed by atoms with Crippen LogP contribution in [0.4, 0.5) is 5.13 Å². The number of carbonyl (C=O) groups is 1. The van der Waals surface area contributed by atoms with Gasteiger partial charge in [-0.2, -0.15) is 5.10 Å². The number of para-hydroxylation sites is 1. The molecule has 166 valence electrons. The van der Waals surface area contributed by atoms with E-state index in [1.165, 1.54) is 11.3 Å². The van der Waals surface area contributed by atoms with Crippen LogP contribution in [0.5, 0.6) is 0 Å². The number of pyridine rings is 1. The van der Waals surface area contributed by atoms with Gasteiger partial charge in [-0.05, 0) is 49.7 Å². The molecule has 0 aliphatic carbocycles. The summed E-state index contributed by atoms with van der Waals surface area (Å²) in [6.45, 7) is 4.05. The van der Waals surface area contributed by atoms with Gasteiger partial charge in [0.25, 0.3) is 5.56 Å². The number of nitrogens with zero attached hydrogens (tertiary/aromatic N) is 4. The fraction of sp³-hybridized carbons (Fsp3) is 0.167. The van der Waals surface area contributed by atoms with Crippen LogP contribution in [0.25, 0.3) is 26.9 Å². The van der Waals surface area contributed by atoms with Gasteiger partial charge in [0.1, 0.15) is 5.65 Å². The van der Waals surface area contributed by atoms with Gasteiger partial charge in [-0.1, -0.05) is 41.1 Å². The summed E-state index contributed by atoms with van der Waals surface area (Å²) in [6.07, 6.45) is 0.119. The Labute approximate surface area is 198 Å². The van der Waals surface area contributed by atoms with E-state index in [-0.39, 0.29) is 24.4 Å². The molecule has 7 nitrogen and oxygen atoms in total. The van der Waals surface area contributed by atoms with Crippen molar-refractivity contribution in [2.75, 3.05) is 5.32 Å². The average molecular weight is 478 g/mol. The van der Waals surface area contributed by atoms with Crippen LogP contribution in [0.15, 0.2) is 59.4 Å². The van der Waals surface area contributed by atoms with E-state index in [2.05, 4.69) is 15.4 Å². The molecule has 5 aromatic rings. The van der Waals surface area contributed by atoms with Gasteiger partial charge in [0.15, 0.2) is 5.13 Å². The third-order valence-corrected chi connectivity index (χ3v) is 6.62. The van der Waals surface area contributed by atoms with Gasteiger partial charge in [-0.25, -0.2) is 9.67 Å². The van der Waals surface area contributed by atoms with Crippen molar-refractivity contribution in [2.45, 2.75) is 26.8 Å². The molecule has 1 N–H and O–H groups in total. The van der Waals surface area contributed by atoms with Crippen molar-refractivity contribution in [1.82, 2.24) is 19.3 Å². The summed E-state index contributed by atoms with van der Waals surface area (Å²) in [5, 5.41) is 9.57. The molecule has 5 rings (SSSR count). The lowest BCUT2D eigenvalue weighted by molar-refractivity contribution is -0.116. The largest absolute Gasteiger partial charge is 0.302 e. The van der Waals surface area contributed by atoms with E-state index in [1.54, 1.807) is 21.4 Å². The molecule has 0 unspecified atom stereocenters. The summed E-state index contributed by atoms with van der Waals surface area (Å²) in [4.78, 5) is 30.1. The molecule has 0 saturated heterocycles. The highest BCUT2D eigenvalue weighted by Gasteiger charge is 2.18. The van der Waals surface area contributed by atoms with Gasteiger partial charge in [-0.15, -0.1) is 0 Å². The number of aromatic nitrogens is 4. The van der Waals surface area contributed by atoms with Crippen LogP contribution in [0, 0.1) is 13.8 Å². The van der Waals surface area contributed by atoms with Gasteiger partial charge in [0, 0.05) is 29.4 Å². The maximum absolute atomic E-state index is 12.9. The summed E-state index contributed by atoms with van der Waals surface area (Å²) < 4.78 is 4.29. The van der Waals surface area contributed by atoms with Gasteiger partial charge in [0.2, 0.25) is 5.91 Å². The highest BCUT2D eigenvalue weighted by atomic mass is 35.5. The van der Waals surface area contributed by atoms with Gasteiger partial charge in [0.05, 0.1) is 21.6 Å². The predicted molar refractivity (Wildman–Crippen MR) is 133 cm³/mol. The van der Waals surface area contributed by atoms with Crippen molar-refractivity contribution in [3.05, 3.63) is 81.2 Å². The van der Waals surface area contributed by atoms with E-state index >= 15 is 0 Å². The standard InChI is InChI=1S/C24H20ClN5O2S/c1-14-12-21(32)29(23-22(14)15(2)28-30(23)17-6-4-3-5-7-17)11-10-20(31)27-24-26-18-9-8-16(25)13-19(18)33-24/h3-9,12-13H,10-11H2,1-2H3,(H,26,27,31). The van der Waals surface area contributed by atoms with Crippen LogP contribution < -0.4 is 10.9 Å². The first-order valence-electron chi connectivity index (χ1n) is 10.4. The fourth-order valence-electron chi connectivity index (χ4n) is 3.98. The Morgan fingerprint density at radius 3 is 2.70 bits per heavy atom. The number of amides is 1. The minimum Gasteiger partial charge on any atom is -0.302 e. The minimum absolute atomic E-state index is 0.119. The molecule has 3 heterocycles. The van der Waals surface area contributed by atoms with Gasteiger partial charge >= 0.3 is 0 Å². The summed E-state index contributed by atoms with van der Waals surface area (Å²) in [6, 6.07) is 16.7. The molecular weight excluding hydrogens is 458 g/mol. The number of carbonyl (C=O) groups excluding carboxylic acids is 1. The van der Waals surface area contributed by atoms with E-state index in [0.29, 0.717) is 15.8 Å². The zero-order valence-electron chi connectivity index (χ0n) is 18.0. The molecule has 0 atom stereocenters. The van der Waals surface area contributed by atoms with Crippen molar-refractivity contribution in [3.8, 4) is 5.69 Å². The van der Waals surface area contributed by atoms with Crippen molar-refractivity contribution in [2.24, 2.45) is 0 Å². The quantitative estimate of drug-likeness (QED) is 0.382. The van der Waals surface area contributed by atoms with Gasteiger partial charge in [-0.3, -0.25) is 14.2 Å². The number of anilines is 1. The molecule has 0 fully saturated rings. The summed E-state index contributed by atoms with van der Waals surface area (Å²) in [7, 11) is 0. The Morgan fingerprint density at radius 1 is 1.12 bits per heavy atom. The van der Waals surface area contributed by atoms with Crippen molar-refractivity contribution in [3.63, 3.8) is 0 Å². The summed E-state index contributed by atoms with van der Waals surface area (Å²) >= 11 is 7.40. The van der Waals surface area contributed by atoms with Crippen molar-refractivity contribution in [1.29, 1.82) is 0 Å². The van der Waals surface area contributed by atoms with Crippen LogP contribution in [-0.4, -0.2) is 25.2 Å². The maximum atomic E-state index is 12.9. The minimum atomic E-state index is -0.219. The molecule has 0 bridgehead atoms. The molecule has 0 radical (unpaired) electrons. The topological polar surface area (TPSA) is 81.8 Å². The third-order valence-electron chi connectivity index (χ3n) is 5.45. The Morgan fingerprint density at radius 2 is 1.91 bits per heavy atom. The number of nitrogens with one attached hydrogen (secondary N) is 1. The maximum Gasteiger partial charge on any atom is 0.252 e. The lowest BCUT2D eigenvalue weighted by Crippen LogP contribution is -2.25. The monoisotopic (exact) mass is 477 g/mol. The predicted octanol–water partition coefficient (Wildman–Crippen LogP) is 5.10. The second-order valence-electron chi connectivity index (χ2n) is 7.78. The van der Waals surface area contributed by atoms with E-state index in [4.69, 9.17) is 11.6 Å².